The van der Waals surface area contributed by atoms with Crippen molar-refractivity contribution in [1.82, 2.24) is 20.2 Å². The highest BCUT2D eigenvalue weighted by atomic mass is 16.5. The molecule has 32 heavy (non-hydrogen) atoms. The second-order valence-electron chi connectivity index (χ2n) is 6.98. The van der Waals surface area contributed by atoms with E-state index in [-0.39, 0.29) is 0 Å². The molecule has 0 aliphatic carbocycles. The third-order valence-electron chi connectivity index (χ3n) is 4.66. The number of amides is 1. The Bertz CT molecular complexity index is 1080. The van der Waals surface area contributed by atoms with Gasteiger partial charge in [0, 0.05) is 49.8 Å². The minimum Gasteiger partial charge on any atom is -0.385 e. The zero-order valence-corrected chi connectivity index (χ0v) is 18.0. The van der Waals surface area contributed by atoms with Crippen LogP contribution < -0.4 is 16.0 Å². The number of methoxy groups -OCH3 is 1. The van der Waals surface area contributed by atoms with Gasteiger partial charge in [-0.1, -0.05) is 24.8 Å². The summed E-state index contributed by atoms with van der Waals surface area (Å²) < 4.78 is 5.22. The number of H-pyrrole nitrogens is 1. The molecule has 2 heterocycles. The summed E-state index contributed by atoms with van der Waals surface area (Å²) in [5.41, 5.74) is 8.40. The van der Waals surface area contributed by atoms with Crippen molar-refractivity contribution in [3.63, 3.8) is 0 Å². The first-order valence-electron chi connectivity index (χ1n) is 10.2. The van der Waals surface area contributed by atoms with Gasteiger partial charge in [0.2, 0.25) is 11.9 Å². The molecule has 0 saturated heterocycles. The Labute approximate surface area is 187 Å². The first-order valence-corrected chi connectivity index (χ1v) is 10.2. The van der Waals surface area contributed by atoms with E-state index in [1.54, 1.807) is 37.6 Å². The fourth-order valence-electron chi connectivity index (χ4n) is 3.10. The van der Waals surface area contributed by atoms with Gasteiger partial charge in [0.15, 0.2) is 0 Å². The molecule has 0 aliphatic heterocycles. The van der Waals surface area contributed by atoms with E-state index in [1.807, 2.05) is 30.5 Å². The summed E-state index contributed by atoms with van der Waals surface area (Å²) in [5.74, 6) is 0.679. The lowest BCUT2D eigenvalue weighted by atomic mass is 10.2. The van der Waals surface area contributed by atoms with E-state index in [4.69, 9.17) is 10.5 Å². The van der Waals surface area contributed by atoms with Crippen LogP contribution in [0.4, 0.5) is 17.5 Å². The minimum atomic E-state index is -0.492. The highest BCUT2D eigenvalue weighted by molar-refractivity contribution is 5.93. The molecule has 0 atom stereocenters. The summed E-state index contributed by atoms with van der Waals surface area (Å²) in [7, 11) is 1.69. The van der Waals surface area contributed by atoms with Crippen LogP contribution in [-0.4, -0.2) is 46.3 Å². The maximum Gasteiger partial charge on any atom is 0.248 e. The number of ether oxygens (including phenoxy) is 1. The normalized spacial score (nSPS) is 10.9. The smallest absolute Gasteiger partial charge is 0.248 e. The topological polar surface area (TPSA) is 122 Å². The molecule has 0 spiro atoms. The fraction of sp³-hybridized carbons (Fsp3) is 0.217. The molecule has 1 amide bonds. The molecule has 0 fully saturated rings. The number of primary amides is 1. The fourth-order valence-corrected chi connectivity index (χ4v) is 3.10. The molecule has 0 saturated carbocycles. The summed E-state index contributed by atoms with van der Waals surface area (Å²) in [6.45, 7) is 5.69. The van der Waals surface area contributed by atoms with Crippen LogP contribution in [0.25, 0.3) is 6.08 Å². The van der Waals surface area contributed by atoms with Crippen LogP contribution in [0.3, 0.4) is 0 Å². The molecule has 0 unspecified atom stereocenters. The second kappa shape index (κ2) is 11.4. The SMILES string of the molecule is C=C/C=C\c1[nH]ncc1CN(CCCOC)c1ccnc(Nc2cccc(C(N)=O)c2)n1. The van der Waals surface area contributed by atoms with Crippen molar-refractivity contribution < 1.29 is 9.53 Å². The van der Waals surface area contributed by atoms with Gasteiger partial charge in [0.05, 0.1) is 11.9 Å². The second-order valence-corrected chi connectivity index (χ2v) is 6.98. The number of nitrogens with one attached hydrogen (secondary N) is 2. The molecule has 166 valence electrons. The molecular weight excluding hydrogens is 406 g/mol. The van der Waals surface area contributed by atoms with Gasteiger partial charge in [0.1, 0.15) is 5.82 Å². The Morgan fingerprint density at radius 1 is 1.38 bits per heavy atom. The number of carbonyl (C=O) groups excluding carboxylic acids is 1. The Kier molecular flexibility index (Phi) is 8.10. The third-order valence-corrected chi connectivity index (χ3v) is 4.66. The van der Waals surface area contributed by atoms with Crippen LogP contribution in [0.2, 0.25) is 0 Å². The van der Waals surface area contributed by atoms with Gasteiger partial charge in [-0.25, -0.2) is 4.98 Å². The summed E-state index contributed by atoms with van der Waals surface area (Å²) in [6, 6.07) is 8.75. The summed E-state index contributed by atoms with van der Waals surface area (Å²) in [5, 5.41) is 10.3. The Morgan fingerprint density at radius 3 is 3.03 bits per heavy atom. The van der Waals surface area contributed by atoms with E-state index >= 15 is 0 Å². The van der Waals surface area contributed by atoms with Crippen LogP contribution in [-0.2, 0) is 11.3 Å². The van der Waals surface area contributed by atoms with Gasteiger partial charge in [-0.05, 0) is 36.8 Å². The van der Waals surface area contributed by atoms with E-state index in [9.17, 15) is 4.79 Å². The average Bonchev–Trinajstić information content (AvgIpc) is 3.24. The average molecular weight is 434 g/mol. The van der Waals surface area contributed by atoms with Crippen molar-refractivity contribution >= 4 is 29.4 Å². The van der Waals surface area contributed by atoms with Crippen molar-refractivity contribution in [3.8, 4) is 0 Å². The lowest BCUT2D eigenvalue weighted by Gasteiger charge is -2.24. The Balaban J connectivity index is 1.83. The number of nitrogens with zero attached hydrogens (tertiary/aromatic N) is 4. The number of hydrogen-bond donors (Lipinski definition) is 3. The van der Waals surface area contributed by atoms with Crippen molar-refractivity contribution in [2.24, 2.45) is 5.73 Å². The van der Waals surface area contributed by atoms with Gasteiger partial charge >= 0.3 is 0 Å². The highest BCUT2D eigenvalue weighted by Gasteiger charge is 2.13. The molecular formula is C23H27N7O2. The van der Waals surface area contributed by atoms with Crippen LogP contribution in [0, 0.1) is 0 Å². The van der Waals surface area contributed by atoms with Gasteiger partial charge < -0.3 is 20.7 Å². The maximum absolute atomic E-state index is 11.4. The quantitative estimate of drug-likeness (QED) is 0.296. The highest BCUT2D eigenvalue weighted by Crippen LogP contribution is 2.20. The predicted octanol–water partition coefficient (Wildman–Crippen LogP) is 3.28. The lowest BCUT2D eigenvalue weighted by Crippen LogP contribution is -2.26. The van der Waals surface area contributed by atoms with Crippen LogP contribution in [0.1, 0.15) is 28.0 Å². The third kappa shape index (κ3) is 6.26. The predicted molar refractivity (Wildman–Crippen MR) is 126 cm³/mol. The number of rotatable bonds is 12. The van der Waals surface area contributed by atoms with E-state index in [0.717, 1.165) is 30.0 Å². The zero-order valence-electron chi connectivity index (χ0n) is 18.0. The van der Waals surface area contributed by atoms with Crippen molar-refractivity contribution in [2.45, 2.75) is 13.0 Å². The summed E-state index contributed by atoms with van der Waals surface area (Å²) >= 11 is 0. The van der Waals surface area contributed by atoms with Gasteiger partial charge in [-0.3, -0.25) is 9.89 Å². The zero-order chi connectivity index (χ0) is 22.8. The van der Waals surface area contributed by atoms with E-state index < -0.39 is 5.91 Å². The number of allylic oxidation sites excluding steroid dienone is 2. The van der Waals surface area contributed by atoms with Crippen molar-refractivity contribution in [2.75, 3.05) is 30.5 Å². The largest absolute Gasteiger partial charge is 0.385 e. The van der Waals surface area contributed by atoms with Gasteiger partial charge in [0.25, 0.3) is 0 Å². The maximum atomic E-state index is 11.4. The van der Waals surface area contributed by atoms with E-state index in [1.165, 1.54) is 0 Å². The number of carbonyl (C=O) groups is 1. The van der Waals surface area contributed by atoms with Crippen molar-refractivity contribution in [3.05, 3.63) is 78.3 Å². The first-order chi connectivity index (χ1) is 15.6. The minimum absolute atomic E-state index is 0.410. The molecule has 0 radical (unpaired) electrons. The van der Waals surface area contributed by atoms with Crippen molar-refractivity contribution in [1.29, 1.82) is 0 Å². The lowest BCUT2D eigenvalue weighted by molar-refractivity contribution is 0.100. The molecule has 3 rings (SSSR count). The van der Waals surface area contributed by atoms with E-state index in [0.29, 0.717) is 30.4 Å². The summed E-state index contributed by atoms with van der Waals surface area (Å²) in [4.78, 5) is 22.6. The standard InChI is InChI=1S/C23H27N7O2/c1-3-4-9-20-18(15-26-29-20)16-30(12-6-13-32-2)21-10-11-25-23(28-21)27-19-8-5-7-17(14-19)22(24)31/h3-5,7-11,14-15H,1,6,12-13,16H2,2H3,(H2,24,31)(H,26,29)(H,25,27,28)/b9-4-. The molecule has 2 aromatic heterocycles. The molecule has 4 N–H and O–H groups in total. The molecule has 3 aromatic rings. The van der Waals surface area contributed by atoms with E-state index in [2.05, 4.69) is 37.0 Å². The number of aromatic nitrogens is 4. The van der Waals surface area contributed by atoms with Crippen LogP contribution in [0.5, 0.6) is 0 Å². The number of nitrogens with two attached hydrogens (primary N) is 1. The van der Waals surface area contributed by atoms with Crippen LogP contribution in [0.15, 0.2) is 61.5 Å². The molecule has 0 bridgehead atoms. The molecule has 1 aromatic carbocycles. The summed E-state index contributed by atoms with van der Waals surface area (Å²) in [6.07, 6.45) is 9.85. The number of anilines is 3. The monoisotopic (exact) mass is 433 g/mol. The Morgan fingerprint density at radius 2 is 2.25 bits per heavy atom. The first kappa shape index (κ1) is 22.7. The molecule has 9 nitrogen and oxygen atoms in total. The van der Waals surface area contributed by atoms with Gasteiger partial charge in [-0.2, -0.15) is 10.1 Å². The van der Waals surface area contributed by atoms with Crippen LogP contribution >= 0.6 is 0 Å². The Hall–Kier alpha value is -3.98. The van der Waals surface area contributed by atoms with Gasteiger partial charge in [-0.15, -0.1) is 0 Å². The number of hydrogen-bond acceptors (Lipinski definition) is 7. The molecule has 0 aliphatic rings. The number of benzene rings is 1. The molecule has 9 heteroatoms. The number of aromatic amines is 1.